The van der Waals surface area contributed by atoms with Crippen molar-refractivity contribution in [2.24, 2.45) is 23.7 Å². The van der Waals surface area contributed by atoms with E-state index in [9.17, 15) is 24.3 Å². The van der Waals surface area contributed by atoms with Crippen molar-refractivity contribution in [1.82, 2.24) is 25.3 Å². The van der Waals surface area contributed by atoms with Crippen molar-refractivity contribution in [3.05, 3.63) is 65.7 Å². The van der Waals surface area contributed by atoms with Gasteiger partial charge in [0.15, 0.2) is 0 Å². The van der Waals surface area contributed by atoms with Crippen LogP contribution in [0.25, 0.3) is 0 Å². The molecule has 0 bridgehead atoms. The van der Waals surface area contributed by atoms with Crippen LogP contribution >= 0.6 is 0 Å². The van der Waals surface area contributed by atoms with Gasteiger partial charge in [0.1, 0.15) is 6.04 Å². The maximum absolute atomic E-state index is 14.5. The Balaban J connectivity index is 1.76. The number of nitrogens with zero attached hydrogens (tertiary/aromatic N) is 3. The highest BCUT2D eigenvalue weighted by molar-refractivity contribution is 5.90. The molecule has 4 amide bonds. The minimum Gasteiger partial charge on any atom is -0.388 e. The van der Waals surface area contributed by atoms with Crippen LogP contribution in [0.5, 0.6) is 0 Å². The fraction of sp³-hybridized carbons (Fsp3) is 0.660. The molecule has 0 aromatic heterocycles. The van der Waals surface area contributed by atoms with Crippen molar-refractivity contribution in [2.75, 3.05) is 47.2 Å². The molecule has 2 aromatic rings. The number of hydrogen-bond acceptors (Lipinski definition) is 9. The SMILES string of the molecule is CCC(C)C(C(CC(=O)N1CCCC1C(OC)C(C)C(=O)NC(C)C(O)c1ccccc1)OC)N(C)C(=O)C(NC(=O)C(C(C)C)N(C)Cc1ccc(NC)cc1)C(C)C. The molecule has 13 heteroatoms. The van der Waals surface area contributed by atoms with Crippen molar-refractivity contribution >= 4 is 29.3 Å². The standard InChI is InChI=1S/C47H76N6O7/c1-14-31(6)42(52(11)47(58)40(29(2)3)50-46(57)41(30(4)5)51(10)28-34-22-24-36(48-9)25-23-34)38(59-12)27-39(54)53-26-18-21-37(53)44(60-13)32(7)45(56)49-33(8)43(55)35-19-16-15-17-20-35/h15-17,19-20,22-25,29-33,37-38,40-44,48,55H,14,18,21,26-28H2,1-13H3,(H,49,56)(H,50,57). The molecule has 0 radical (unpaired) electrons. The minimum atomic E-state index is -0.884. The number of likely N-dealkylation sites (N-methyl/N-ethyl adjacent to an activating group) is 2. The number of methoxy groups -OCH3 is 2. The monoisotopic (exact) mass is 837 g/mol. The number of likely N-dealkylation sites (tertiary alicyclic amines) is 1. The predicted octanol–water partition coefficient (Wildman–Crippen LogP) is 5.48. The van der Waals surface area contributed by atoms with Gasteiger partial charge in [0.25, 0.3) is 0 Å². The maximum atomic E-state index is 14.5. The summed E-state index contributed by atoms with van der Waals surface area (Å²) in [5.74, 6) is -1.75. The van der Waals surface area contributed by atoms with Gasteiger partial charge in [-0.25, -0.2) is 0 Å². The molecule has 1 saturated heterocycles. The predicted molar refractivity (Wildman–Crippen MR) is 238 cm³/mol. The van der Waals surface area contributed by atoms with Crippen LogP contribution in [0, 0.1) is 23.7 Å². The molecular formula is C47H76N6O7. The molecule has 1 aliphatic heterocycles. The van der Waals surface area contributed by atoms with Crippen LogP contribution in [0.1, 0.15) is 98.3 Å². The molecule has 2 aromatic carbocycles. The Morgan fingerprint density at radius 1 is 0.867 bits per heavy atom. The Kier molecular flexibility index (Phi) is 20.0. The van der Waals surface area contributed by atoms with E-state index in [1.165, 1.54) is 0 Å². The number of aliphatic hydroxyl groups excluding tert-OH is 1. The van der Waals surface area contributed by atoms with Gasteiger partial charge < -0.3 is 40.3 Å². The molecule has 10 unspecified atom stereocenters. The maximum Gasteiger partial charge on any atom is 0.245 e. The van der Waals surface area contributed by atoms with E-state index in [1.54, 1.807) is 44.9 Å². The Bertz CT molecular complexity index is 1640. The van der Waals surface area contributed by atoms with E-state index in [-0.39, 0.29) is 53.8 Å². The molecule has 0 aliphatic carbocycles. The summed E-state index contributed by atoms with van der Waals surface area (Å²) in [5.41, 5.74) is 2.79. The lowest BCUT2D eigenvalue weighted by Crippen LogP contribution is -2.60. The molecule has 1 aliphatic rings. The number of ether oxygens (including phenoxy) is 2. The molecule has 4 N–H and O–H groups in total. The van der Waals surface area contributed by atoms with Crippen LogP contribution in [0.15, 0.2) is 54.6 Å². The van der Waals surface area contributed by atoms with E-state index in [0.717, 1.165) is 24.1 Å². The Hall–Kier alpha value is -4.04. The molecule has 0 saturated carbocycles. The van der Waals surface area contributed by atoms with Crippen LogP contribution in [0.4, 0.5) is 5.69 Å². The second kappa shape index (κ2) is 23.8. The fourth-order valence-electron chi connectivity index (χ4n) is 8.83. The largest absolute Gasteiger partial charge is 0.388 e. The number of benzene rings is 2. The summed E-state index contributed by atoms with van der Waals surface area (Å²) in [6, 6.07) is 14.6. The quantitative estimate of drug-likeness (QED) is 0.114. The average molecular weight is 837 g/mol. The Morgan fingerprint density at radius 3 is 2.03 bits per heavy atom. The third-order valence-corrected chi connectivity index (χ3v) is 12.5. The molecule has 0 spiro atoms. The first kappa shape index (κ1) is 50.3. The van der Waals surface area contributed by atoms with Gasteiger partial charge in [0.2, 0.25) is 23.6 Å². The Morgan fingerprint density at radius 2 is 1.50 bits per heavy atom. The van der Waals surface area contributed by atoms with Crippen molar-refractivity contribution in [2.45, 2.75) is 136 Å². The molecule has 1 heterocycles. The van der Waals surface area contributed by atoms with E-state index in [0.29, 0.717) is 25.1 Å². The zero-order valence-electron chi connectivity index (χ0n) is 38.6. The lowest BCUT2D eigenvalue weighted by atomic mass is 9.89. The number of rotatable bonds is 23. The molecule has 1 fully saturated rings. The topological polar surface area (TPSA) is 153 Å². The van der Waals surface area contributed by atoms with Crippen molar-refractivity contribution in [3.63, 3.8) is 0 Å². The van der Waals surface area contributed by atoms with Crippen LogP contribution in [-0.2, 0) is 35.2 Å². The molecule has 3 rings (SSSR count). The normalized spacial score (nSPS) is 18.9. The summed E-state index contributed by atoms with van der Waals surface area (Å²) < 4.78 is 12.0. The zero-order chi connectivity index (χ0) is 44.8. The lowest BCUT2D eigenvalue weighted by Gasteiger charge is -2.41. The molecular weight excluding hydrogens is 761 g/mol. The van der Waals surface area contributed by atoms with Gasteiger partial charge in [-0.3, -0.25) is 24.1 Å². The average Bonchev–Trinajstić information content (AvgIpc) is 3.72. The summed E-state index contributed by atoms with van der Waals surface area (Å²) in [6.45, 7) is 16.6. The first-order valence-electron chi connectivity index (χ1n) is 21.8. The molecule has 336 valence electrons. The summed E-state index contributed by atoms with van der Waals surface area (Å²) >= 11 is 0. The second-order valence-corrected chi connectivity index (χ2v) is 17.5. The summed E-state index contributed by atoms with van der Waals surface area (Å²) in [6.07, 6.45) is 0.0556. The summed E-state index contributed by atoms with van der Waals surface area (Å²) in [7, 11) is 8.68. The van der Waals surface area contributed by atoms with Gasteiger partial charge in [-0.1, -0.05) is 97.4 Å². The summed E-state index contributed by atoms with van der Waals surface area (Å²) in [5, 5.41) is 20.1. The van der Waals surface area contributed by atoms with Crippen molar-refractivity contribution in [1.29, 1.82) is 0 Å². The number of hydrogen-bond donors (Lipinski definition) is 4. The van der Waals surface area contributed by atoms with Gasteiger partial charge in [0.05, 0.1) is 54.8 Å². The van der Waals surface area contributed by atoms with Gasteiger partial charge >= 0.3 is 0 Å². The fourth-order valence-corrected chi connectivity index (χ4v) is 8.83. The number of carbonyl (C=O) groups excluding carboxylic acids is 4. The van der Waals surface area contributed by atoms with Gasteiger partial charge in [0, 0.05) is 47.1 Å². The smallest absolute Gasteiger partial charge is 0.245 e. The van der Waals surface area contributed by atoms with E-state index in [2.05, 4.69) is 22.9 Å². The van der Waals surface area contributed by atoms with E-state index in [4.69, 9.17) is 9.47 Å². The number of carbonyl (C=O) groups is 4. The van der Waals surface area contributed by atoms with Gasteiger partial charge in [-0.2, -0.15) is 0 Å². The molecule has 13 nitrogen and oxygen atoms in total. The zero-order valence-corrected chi connectivity index (χ0v) is 38.6. The van der Waals surface area contributed by atoms with Crippen molar-refractivity contribution in [3.8, 4) is 0 Å². The number of aliphatic hydroxyl groups is 1. The van der Waals surface area contributed by atoms with Crippen LogP contribution in [0.2, 0.25) is 0 Å². The first-order chi connectivity index (χ1) is 28.4. The third kappa shape index (κ3) is 13.0. The van der Waals surface area contributed by atoms with E-state index < -0.39 is 48.4 Å². The molecule has 10 atom stereocenters. The number of nitrogens with one attached hydrogen (secondary N) is 3. The lowest BCUT2D eigenvalue weighted by molar-refractivity contribution is -0.148. The van der Waals surface area contributed by atoms with Gasteiger partial charge in [-0.05, 0) is 67.8 Å². The second-order valence-electron chi connectivity index (χ2n) is 17.5. The highest BCUT2D eigenvalue weighted by Gasteiger charge is 2.43. The summed E-state index contributed by atoms with van der Waals surface area (Å²) in [4.78, 5) is 62.0. The Labute approximate surface area is 360 Å². The number of anilines is 1. The van der Waals surface area contributed by atoms with E-state index in [1.807, 2.05) is 108 Å². The first-order valence-corrected chi connectivity index (χ1v) is 21.8. The van der Waals surface area contributed by atoms with E-state index >= 15 is 0 Å². The molecule has 60 heavy (non-hydrogen) atoms. The highest BCUT2D eigenvalue weighted by Crippen LogP contribution is 2.30. The van der Waals surface area contributed by atoms with Crippen LogP contribution < -0.4 is 16.0 Å². The van der Waals surface area contributed by atoms with Crippen LogP contribution in [0.3, 0.4) is 0 Å². The minimum absolute atomic E-state index is 0.0190. The third-order valence-electron chi connectivity index (χ3n) is 12.5. The van der Waals surface area contributed by atoms with Crippen LogP contribution in [-0.4, -0.2) is 128 Å². The van der Waals surface area contributed by atoms with Gasteiger partial charge in [-0.15, -0.1) is 0 Å². The van der Waals surface area contributed by atoms with Crippen molar-refractivity contribution < 1.29 is 33.8 Å². The highest BCUT2D eigenvalue weighted by atomic mass is 16.5. The number of amides is 4.